The third-order valence-electron chi connectivity index (χ3n) is 3.82. The molecule has 1 aromatic heterocycles. The molecule has 3 heterocycles. The Bertz CT molecular complexity index is 480. The highest BCUT2D eigenvalue weighted by atomic mass is 16.7. The van der Waals surface area contributed by atoms with Crippen LogP contribution in [-0.4, -0.2) is 56.9 Å². The second kappa shape index (κ2) is 4.90. The van der Waals surface area contributed by atoms with Crippen molar-refractivity contribution < 1.29 is 9.63 Å². The van der Waals surface area contributed by atoms with Crippen molar-refractivity contribution in [3.05, 3.63) is 11.6 Å². The molecule has 0 bridgehead atoms. The molecule has 0 aromatic carbocycles. The Morgan fingerprint density at radius 2 is 2.21 bits per heavy atom. The summed E-state index contributed by atoms with van der Waals surface area (Å²) in [4.78, 5) is 20.0. The van der Waals surface area contributed by atoms with E-state index in [2.05, 4.69) is 10.2 Å². The molecule has 2 aliphatic rings. The lowest BCUT2D eigenvalue weighted by atomic mass is 10.1. The van der Waals surface area contributed by atoms with E-state index in [1.807, 2.05) is 23.4 Å². The van der Waals surface area contributed by atoms with E-state index >= 15 is 0 Å². The van der Waals surface area contributed by atoms with Gasteiger partial charge in [0.1, 0.15) is 17.7 Å². The minimum Gasteiger partial charge on any atom is -0.312 e. The second-order valence-corrected chi connectivity index (χ2v) is 5.19. The minimum atomic E-state index is -0.194. The molecule has 7 nitrogen and oxygen atoms in total. The van der Waals surface area contributed by atoms with E-state index in [0.717, 1.165) is 24.5 Å². The standard InChI is InChI=1S/C12H19N5O2/c1-9-13-14-11-8-15(2)10(7-16(9)11)12(18)17-5-3-4-6-19-17/h10H,3-8H2,1-2H3. The molecule has 1 saturated heterocycles. The molecule has 1 amide bonds. The van der Waals surface area contributed by atoms with Gasteiger partial charge in [-0.1, -0.05) is 0 Å². The monoisotopic (exact) mass is 265 g/mol. The number of carbonyl (C=O) groups excluding carboxylic acids is 1. The van der Waals surface area contributed by atoms with Crippen LogP contribution in [0, 0.1) is 6.92 Å². The lowest BCUT2D eigenvalue weighted by molar-refractivity contribution is -0.202. The Balaban J connectivity index is 1.77. The number of hydrogen-bond donors (Lipinski definition) is 0. The van der Waals surface area contributed by atoms with E-state index in [9.17, 15) is 4.79 Å². The number of carbonyl (C=O) groups is 1. The maximum Gasteiger partial charge on any atom is 0.265 e. The summed E-state index contributed by atoms with van der Waals surface area (Å²) in [5.74, 6) is 1.82. The quantitative estimate of drug-likeness (QED) is 0.712. The fraction of sp³-hybridized carbons (Fsp3) is 0.750. The van der Waals surface area contributed by atoms with Gasteiger partial charge in [0, 0.05) is 6.54 Å². The first-order valence-corrected chi connectivity index (χ1v) is 6.70. The Kier molecular flexibility index (Phi) is 3.24. The van der Waals surface area contributed by atoms with Crippen LogP contribution in [0.15, 0.2) is 0 Å². The highest BCUT2D eigenvalue weighted by Gasteiger charge is 2.34. The number of hydrogen-bond acceptors (Lipinski definition) is 5. The Morgan fingerprint density at radius 3 is 2.95 bits per heavy atom. The molecule has 19 heavy (non-hydrogen) atoms. The highest BCUT2D eigenvalue weighted by Crippen LogP contribution is 2.19. The van der Waals surface area contributed by atoms with E-state index in [-0.39, 0.29) is 11.9 Å². The van der Waals surface area contributed by atoms with Crippen molar-refractivity contribution in [2.24, 2.45) is 0 Å². The summed E-state index contributed by atoms with van der Waals surface area (Å²) >= 11 is 0. The molecule has 7 heteroatoms. The molecule has 3 rings (SSSR count). The highest BCUT2D eigenvalue weighted by molar-refractivity contribution is 5.81. The number of nitrogens with zero attached hydrogens (tertiary/aromatic N) is 5. The summed E-state index contributed by atoms with van der Waals surface area (Å²) in [6, 6.07) is -0.194. The molecule has 1 unspecified atom stereocenters. The van der Waals surface area contributed by atoms with Crippen LogP contribution in [0.25, 0.3) is 0 Å². The number of fused-ring (bicyclic) bond motifs is 1. The Morgan fingerprint density at radius 1 is 1.37 bits per heavy atom. The summed E-state index contributed by atoms with van der Waals surface area (Å²) in [5, 5.41) is 9.72. The zero-order chi connectivity index (χ0) is 13.4. The van der Waals surface area contributed by atoms with Gasteiger partial charge in [-0.25, -0.2) is 5.06 Å². The van der Waals surface area contributed by atoms with Gasteiger partial charge in [-0.05, 0) is 26.8 Å². The van der Waals surface area contributed by atoms with Crippen LogP contribution in [0.2, 0.25) is 0 Å². The fourth-order valence-electron chi connectivity index (χ4n) is 2.63. The van der Waals surface area contributed by atoms with Crippen LogP contribution in [0.1, 0.15) is 24.5 Å². The summed E-state index contributed by atoms with van der Waals surface area (Å²) in [6.45, 7) is 4.49. The zero-order valence-corrected chi connectivity index (χ0v) is 11.4. The van der Waals surface area contributed by atoms with E-state index in [0.29, 0.717) is 26.2 Å². The molecule has 0 saturated carbocycles. The molecular weight excluding hydrogens is 246 g/mol. The third-order valence-corrected chi connectivity index (χ3v) is 3.82. The molecule has 104 valence electrons. The lowest BCUT2D eigenvalue weighted by Gasteiger charge is -2.36. The van der Waals surface area contributed by atoms with Gasteiger partial charge >= 0.3 is 0 Å². The van der Waals surface area contributed by atoms with Crippen molar-refractivity contribution in [2.45, 2.75) is 38.9 Å². The zero-order valence-electron chi connectivity index (χ0n) is 11.4. The van der Waals surface area contributed by atoms with Crippen LogP contribution in [-0.2, 0) is 22.7 Å². The predicted octanol–water partition coefficient (Wildman–Crippen LogP) is -0.0455. The molecule has 0 aliphatic carbocycles. The number of hydroxylamine groups is 2. The largest absolute Gasteiger partial charge is 0.312 e. The average molecular weight is 265 g/mol. The summed E-state index contributed by atoms with van der Waals surface area (Å²) in [7, 11) is 1.94. The van der Waals surface area contributed by atoms with Gasteiger partial charge in [-0.15, -0.1) is 10.2 Å². The number of aromatic nitrogens is 3. The molecule has 2 aliphatic heterocycles. The summed E-state index contributed by atoms with van der Waals surface area (Å²) in [6.07, 6.45) is 2.04. The third kappa shape index (κ3) is 2.23. The van der Waals surface area contributed by atoms with Gasteiger partial charge in [0.05, 0.1) is 19.7 Å². The van der Waals surface area contributed by atoms with Gasteiger partial charge in [-0.2, -0.15) is 0 Å². The van der Waals surface area contributed by atoms with E-state index in [1.165, 1.54) is 5.06 Å². The number of rotatable bonds is 1. The first kappa shape index (κ1) is 12.6. The van der Waals surface area contributed by atoms with Gasteiger partial charge in [0.15, 0.2) is 0 Å². The van der Waals surface area contributed by atoms with E-state index < -0.39 is 0 Å². The smallest absolute Gasteiger partial charge is 0.265 e. The van der Waals surface area contributed by atoms with E-state index in [4.69, 9.17) is 4.84 Å². The van der Waals surface area contributed by atoms with Gasteiger partial charge in [0.25, 0.3) is 5.91 Å². The summed E-state index contributed by atoms with van der Waals surface area (Å²) < 4.78 is 2.02. The van der Waals surface area contributed by atoms with Gasteiger partial charge in [-0.3, -0.25) is 14.5 Å². The molecule has 0 N–H and O–H groups in total. The van der Waals surface area contributed by atoms with Crippen molar-refractivity contribution in [3.63, 3.8) is 0 Å². The molecule has 0 radical (unpaired) electrons. The predicted molar refractivity (Wildman–Crippen MR) is 66.9 cm³/mol. The summed E-state index contributed by atoms with van der Waals surface area (Å²) in [5.41, 5.74) is 0. The van der Waals surface area contributed by atoms with Crippen molar-refractivity contribution in [1.29, 1.82) is 0 Å². The van der Waals surface area contributed by atoms with Crippen LogP contribution in [0.3, 0.4) is 0 Å². The van der Waals surface area contributed by atoms with Crippen LogP contribution < -0.4 is 0 Å². The Labute approximate surface area is 112 Å². The van der Waals surface area contributed by atoms with Crippen LogP contribution in [0.5, 0.6) is 0 Å². The maximum absolute atomic E-state index is 12.5. The van der Waals surface area contributed by atoms with Crippen molar-refractivity contribution >= 4 is 5.91 Å². The number of amides is 1. The van der Waals surface area contributed by atoms with E-state index in [1.54, 1.807) is 0 Å². The number of likely N-dealkylation sites (N-methyl/N-ethyl adjacent to an activating group) is 1. The Hall–Kier alpha value is -1.47. The molecule has 1 fully saturated rings. The molecule has 1 aromatic rings. The number of aryl methyl sites for hydroxylation is 1. The second-order valence-electron chi connectivity index (χ2n) is 5.19. The average Bonchev–Trinajstić information content (AvgIpc) is 2.79. The first-order valence-electron chi connectivity index (χ1n) is 6.70. The topological polar surface area (TPSA) is 63.5 Å². The fourth-order valence-corrected chi connectivity index (χ4v) is 2.63. The van der Waals surface area contributed by atoms with Crippen LogP contribution >= 0.6 is 0 Å². The maximum atomic E-state index is 12.5. The molecule has 1 atom stereocenters. The van der Waals surface area contributed by atoms with Crippen molar-refractivity contribution in [1.82, 2.24) is 24.7 Å². The van der Waals surface area contributed by atoms with Crippen molar-refractivity contribution in [2.75, 3.05) is 20.2 Å². The van der Waals surface area contributed by atoms with Crippen LogP contribution in [0.4, 0.5) is 0 Å². The van der Waals surface area contributed by atoms with Gasteiger partial charge in [0.2, 0.25) is 0 Å². The first-order chi connectivity index (χ1) is 9.16. The minimum absolute atomic E-state index is 0.0425. The molecular formula is C12H19N5O2. The SMILES string of the molecule is Cc1nnc2n1CC(C(=O)N1CCCCO1)N(C)C2. The lowest BCUT2D eigenvalue weighted by Crippen LogP contribution is -2.52. The normalized spacial score (nSPS) is 24.3. The van der Waals surface area contributed by atoms with Gasteiger partial charge < -0.3 is 4.57 Å². The van der Waals surface area contributed by atoms with Crippen molar-refractivity contribution in [3.8, 4) is 0 Å². The molecule has 0 spiro atoms.